The second-order valence-corrected chi connectivity index (χ2v) is 2.33. The molecule has 0 amide bonds. The average Bonchev–Trinajstić information content (AvgIpc) is 1.65. The fraction of sp³-hybridized carbons (Fsp3) is 0.750. The molecule has 0 heterocycles. The van der Waals surface area contributed by atoms with Crippen molar-refractivity contribution in [1.29, 1.82) is 5.41 Å². The van der Waals surface area contributed by atoms with E-state index in [9.17, 15) is 0 Å². The lowest BCUT2D eigenvalue weighted by atomic mass is 10.7. The van der Waals surface area contributed by atoms with Crippen molar-refractivity contribution >= 4 is 26.4 Å². The summed E-state index contributed by atoms with van der Waals surface area (Å²) in [6.07, 6.45) is 0. The van der Waals surface area contributed by atoms with Gasteiger partial charge in [0, 0.05) is 13.6 Å². The highest BCUT2D eigenvalue weighted by Crippen LogP contribution is 1.90. The summed E-state index contributed by atoms with van der Waals surface area (Å²) in [4.78, 5) is 1.86. The van der Waals surface area contributed by atoms with Gasteiger partial charge in [0.05, 0.1) is 0 Å². The average molecular weight is 212 g/mol. The summed E-state index contributed by atoms with van der Waals surface area (Å²) in [5, 5.41) is 7.01. The van der Waals surface area contributed by atoms with Gasteiger partial charge in [-0.25, -0.2) is 0 Å². The minimum absolute atomic E-state index is 0.597. The highest BCUT2D eigenvalue weighted by molar-refractivity contribution is 14.1. The summed E-state index contributed by atoms with van der Waals surface area (Å²) in [6.45, 7) is 2.94. The number of hydrogen-bond acceptors (Lipinski definition) is 1. The van der Waals surface area contributed by atoms with Gasteiger partial charge in [-0.15, -0.1) is 0 Å². The second-order valence-electron chi connectivity index (χ2n) is 1.30. The molecule has 0 unspecified atom stereocenters. The summed E-state index contributed by atoms with van der Waals surface area (Å²) >= 11 is 1.98. The van der Waals surface area contributed by atoms with E-state index in [1.165, 1.54) is 0 Å². The Labute approximate surface area is 57.5 Å². The van der Waals surface area contributed by atoms with Crippen LogP contribution in [0.1, 0.15) is 6.92 Å². The van der Waals surface area contributed by atoms with Gasteiger partial charge in [-0.05, 0) is 29.5 Å². The van der Waals surface area contributed by atoms with E-state index in [4.69, 9.17) is 5.41 Å². The minimum atomic E-state index is 0.597. The van der Waals surface area contributed by atoms with Gasteiger partial charge >= 0.3 is 0 Å². The number of nitrogens with zero attached hydrogens (tertiary/aromatic N) is 1. The van der Waals surface area contributed by atoms with Crippen LogP contribution in [-0.4, -0.2) is 22.3 Å². The van der Waals surface area contributed by atoms with Crippen LogP contribution in [0, 0.1) is 5.41 Å². The molecule has 3 heteroatoms. The van der Waals surface area contributed by atoms with Crippen LogP contribution in [0.2, 0.25) is 0 Å². The Morgan fingerprint density at radius 1 is 1.86 bits per heavy atom. The van der Waals surface area contributed by atoms with Crippen LogP contribution < -0.4 is 0 Å². The van der Waals surface area contributed by atoms with Crippen molar-refractivity contribution in [2.75, 3.05) is 13.6 Å². The number of rotatable bonds is 1. The maximum Gasteiger partial charge on any atom is 0.159 e. The molecule has 42 valence electrons. The smallest absolute Gasteiger partial charge is 0.159 e. The number of amidine groups is 1. The predicted octanol–water partition coefficient (Wildman–Crippen LogP) is 1.31. The van der Waals surface area contributed by atoms with Crippen LogP contribution in [0.15, 0.2) is 0 Å². The minimum Gasteiger partial charge on any atom is -0.355 e. The molecule has 0 aliphatic heterocycles. The van der Waals surface area contributed by atoms with Crippen LogP contribution in [0.4, 0.5) is 0 Å². The first-order valence-corrected chi connectivity index (χ1v) is 3.21. The van der Waals surface area contributed by atoms with E-state index >= 15 is 0 Å². The molecule has 0 saturated carbocycles. The van der Waals surface area contributed by atoms with E-state index < -0.39 is 0 Å². The number of halogens is 1. The molecule has 1 N–H and O–H groups in total. The lowest BCUT2D eigenvalue weighted by Crippen LogP contribution is -2.19. The molecule has 2 nitrogen and oxygen atoms in total. The normalized spacial score (nSPS) is 8.43. The van der Waals surface area contributed by atoms with Crippen molar-refractivity contribution in [2.45, 2.75) is 6.92 Å². The van der Waals surface area contributed by atoms with E-state index in [-0.39, 0.29) is 0 Å². The zero-order chi connectivity index (χ0) is 5.86. The maximum atomic E-state index is 7.01. The van der Waals surface area contributed by atoms with Crippen molar-refractivity contribution in [3.63, 3.8) is 0 Å². The van der Waals surface area contributed by atoms with E-state index in [1.54, 1.807) is 0 Å². The van der Waals surface area contributed by atoms with Crippen LogP contribution >= 0.6 is 22.6 Å². The van der Waals surface area contributed by atoms with Crippen LogP contribution in [0.25, 0.3) is 0 Å². The predicted molar refractivity (Wildman–Crippen MR) is 40.1 cm³/mol. The van der Waals surface area contributed by atoms with Gasteiger partial charge in [-0.1, -0.05) is 0 Å². The highest BCUT2D eigenvalue weighted by atomic mass is 127. The molecule has 0 saturated heterocycles. The Morgan fingerprint density at radius 2 is 2.29 bits per heavy atom. The largest absolute Gasteiger partial charge is 0.355 e. The lowest BCUT2D eigenvalue weighted by Gasteiger charge is -2.10. The zero-order valence-corrected chi connectivity index (χ0v) is 6.69. The van der Waals surface area contributed by atoms with Crippen molar-refractivity contribution in [2.24, 2.45) is 0 Å². The van der Waals surface area contributed by atoms with Crippen molar-refractivity contribution in [3.8, 4) is 0 Å². The molecule has 0 aliphatic carbocycles. The third kappa shape index (κ3) is 2.85. The molecule has 0 spiro atoms. The first-order chi connectivity index (χ1) is 3.18. The Hall–Kier alpha value is 0.200. The highest BCUT2D eigenvalue weighted by Gasteiger charge is 1.91. The molecule has 0 atom stereocenters. The fourth-order valence-electron chi connectivity index (χ4n) is 0.139. The van der Waals surface area contributed by atoms with Crippen molar-refractivity contribution in [1.82, 2.24) is 4.90 Å². The maximum absolute atomic E-state index is 7.01. The topological polar surface area (TPSA) is 27.1 Å². The van der Waals surface area contributed by atoms with Gasteiger partial charge in [0.25, 0.3) is 0 Å². The molecule has 7 heavy (non-hydrogen) atoms. The molecule has 0 bridgehead atoms. The van der Waals surface area contributed by atoms with Crippen molar-refractivity contribution in [3.05, 3.63) is 0 Å². The first kappa shape index (κ1) is 7.20. The van der Waals surface area contributed by atoms with Gasteiger partial charge in [-0.3, -0.25) is 5.41 Å². The Kier molecular flexibility index (Phi) is 3.33. The lowest BCUT2D eigenvalue weighted by molar-refractivity contribution is 0.546. The van der Waals surface area contributed by atoms with E-state index in [1.807, 2.05) is 41.5 Å². The molecule has 0 aromatic rings. The van der Waals surface area contributed by atoms with Crippen LogP contribution in [0.5, 0.6) is 0 Å². The molecule has 0 fully saturated rings. The van der Waals surface area contributed by atoms with Gasteiger partial charge in [-0.2, -0.15) is 0 Å². The van der Waals surface area contributed by atoms with Gasteiger partial charge in [0.1, 0.15) is 0 Å². The standard InChI is InChI=1S/C4H9IN2/c1-3-7(2)4(5)6/h6H,3H2,1-2H3. The molecule has 0 rings (SSSR count). The van der Waals surface area contributed by atoms with Crippen molar-refractivity contribution < 1.29 is 0 Å². The molecule has 0 radical (unpaired) electrons. The summed E-state index contributed by atoms with van der Waals surface area (Å²) in [7, 11) is 1.90. The van der Waals surface area contributed by atoms with Gasteiger partial charge in [0.2, 0.25) is 0 Å². The summed E-state index contributed by atoms with van der Waals surface area (Å²) < 4.78 is 0.597. The molecular weight excluding hydrogens is 203 g/mol. The SMILES string of the molecule is CCN(C)C(=N)I. The molecule has 0 aromatic heterocycles. The van der Waals surface area contributed by atoms with E-state index in [0.717, 1.165) is 6.54 Å². The molecular formula is C4H9IN2. The van der Waals surface area contributed by atoms with Crippen LogP contribution in [-0.2, 0) is 0 Å². The quantitative estimate of drug-likeness (QED) is 0.301. The monoisotopic (exact) mass is 212 g/mol. The summed E-state index contributed by atoms with van der Waals surface area (Å²) in [5.74, 6) is 0. The summed E-state index contributed by atoms with van der Waals surface area (Å²) in [5.41, 5.74) is 0. The summed E-state index contributed by atoms with van der Waals surface area (Å²) in [6, 6.07) is 0. The molecule has 0 aliphatic rings. The Morgan fingerprint density at radius 3 is 2.29 bits per heavy atom. The third-order valence-electron chi connectivity index (χ3n) is 0.809. The van der Waals surface area contributed by atoms with E-state index in [2.05, 4.69) is 0 Å². The van der Waals surface area contributed by atoms with E-state index in [0.29, 0.717) is 3.84 Å². The third-order valence-corrected chi connectivity index (χ3v) is 1.63. The van der Waals surface area contributed by atoms with Crippen LogP contribution in [0.3, 0.4) is 0 Å². The van der Waals surface area contributed by atoms with Gasteiger partial charge in [0.15, 0.2) is 3.84 Å². The molecule has 0 aromatic carbocycles. The Bertz CT molecular complexity index is 72.1. The number of nitrogens with one attached hydrogen (secondary N) is 1. The van der Waals surface area contributed by atoms with Gasteiger partial charge < -0.3 is 4.90 Å². The number of hydrogen-bond donors (Lipinski definition) is 1. The fourth-order valence-corrected chi connectivity index (χ4v) is 0.480. The first-order valence-electron chi connectivity index (χ1n) is 2.13. The zero-order valence-electron chi connectivity index (χ0n) is 4.53. The second kappa shape index (κ2) is 3.23. The Balaban J connectivity index is 3.34.